The molecule has 11 heteroatoms. The second-order valence-corrected chi connectivity index (χ2v) is 12.2. The fraction of sp³-hybridized carbons (Fsp3) is 0.324. The number of hydrogen-bond donors (Lipinski definition) is 2. The summed E-state index contributed by atoms with van der Waals surface area (Å²) in [6, 6.07) is 15.4. The van der Waals surface area contributed by atoms with Crippen LogP contribution in [0.25, 0.3) is 34.1 Å². The number of carbonyl (C=O) groups is 1. The lowest BCUT2D eigenvalue weighted by atomic mass is 10.0. The summed E-state index contributed by atoms with van der Waals surface area (Å²) in [5.74, 6) is 2.16. The van der Waals surface area contributed by atoms with Crippen molar-refractivity contribution in [1.82, 2.24) is 39.5 Å². The van der Waals surface area contributed by atoms with Crippen molar-refractivity contribution in [2.75, 3.05) is 18.8 Å². The van der Waals surface area contributed by atoms with E-state index in [0.29, 0.717) is 59.6 Å². The molecule has 45 heavy (non-hydrogen) atoms. The highest BCUT2D eigenvalue weighted by molar-refractivity contribution is 5.87. The summed E-state index contributed by atoms with van der Waals surface area (Å²) in [5.41, 5.74) is 12.2. The first-order valence-corrected chi connectivity index (χ1v) is 15.6. The summed E-state index contributed by atoms with van der Waals surface area (Å²) < 4.78 is 19.4. The van der Waals surface area contributed by atoms with Crippen LogP contribution in [0, 0.1) is 0 Å². The maximum Gasteiger partial charge on any atom is 0.245 e. The first kappa shape index (κ1) is 27.6. The molecule has 3 N–H and O–H groups in total. The number of benzene rings is 1. The molecular formula is C34H34FN9O. The Hall–Kier alpha value is -4.90. The average molecular weight is 604 g/mol. The third-order valence-electron chi connectivity index (χ3n) is 9.30. The van der Waals surface area contributed by atoms with Crippen molar-refractivity contribution in [1.29, 1.82) is 0 Å². The standard InChI is InChI=1S/C34H34FN9O/c1-2-30(45)42-15-11-22(12-16-42)38-31-24-8-7-23(18-21(24)19-26(31)35)44-33(25-4-3-14-37-32(25)36)39-28-9-10-29(40-34(28)44)43-17-13-27(41-43)20-5-6-20/h2-4,7-10,13-14,17-18,20,22,26,31,38H,1,5-6,11-12,15-16,19H2,(H2,36,37)/t26?,31-/m1/s1. The first-order chi connectivity index (χ1) is 22.0. The molecule has 1 unspecified atom stereocenters. The normalized spacial score (nSPS) is 20.1. The number of nitrogens with zero attached hydrogens (tertiary/aromatic N) is 7. The number of nitrogens with one attached hydrogen (secondary N) is 1. The van der Waals surface area contributed by atoms with Gasteiger partial charge in [-0.15, -0.1) is 0 Å². The molecule has 0 bridgehead atoms. The Morgan fingerprint density at radius 2 is 1.91 bits per heavy atom. The first-order valence-electron chi connectivity index (χ1n) is 15.6. The van der Waals surface area contributed by atoms with E-state index in [1.807, 2.05) is 57.9 Å². The molecule has 8 rings (SSSR count). The van der Waals surface area contributed by atoms with Crippen LogP contribution in [0.15, 0.2) is 73.6 Å². The molecule has 1 saturated heterocycles. The van der Waals surface area contributed by atoms with Gasteiger partial charge >= 0.3 is 0 Å². The zero-order valence-electron chi connectivity index (χ0n) is 24.8. The Bertz CT molecular complexity index is 1940. The monoisotopic (exact) mass is 603 g/mol. The van der Waals surface area contributed by atoms with Crippen LogP contribution in [0.3, 0.4) is 0 Å². The summed E-state index contributed by atoms with van der Waals surface area (Å²) in [5, 5.41) is 8.35. The van der Waals surface area contributed by atoms with E-state index >= 15 is 4.39 Å². The highest BCUT2D eigenvalue weighted by atomic mass is 19.1. The van der Waals surface area contributed by atoms with Crippen molar-refractivity contribution in [3.63, 3.8) is 0 Å². The molecule has 1 aliphatic heterocycles. The number of imidazole rings is 1. The van der Waals surface area contributed by atoms with Gasteiger partial charge < -0.3 is 16.0 Å². The van der Waals surface area contributed by atoms with E-state index in [1.165, 1.54) is 18.9 Å². The van der Waals surface area contributed by atoms with Gasteiger partial charge in [-0.2, -0.15) is 5.10 Å². The number of amides is 1. The fourth-order valence-electron chi connectivity index (χ4n) is 6.75. The lowest BCUT2D eigenvalue weighted by molar-refractivity contribution is -0.127. The lowest BCUT2D eigenvalue weighted by Gasteiger charge is -2.34. The van der Waals surface area contributed by atoms with Gasteiger partial charge in [0.05, 0.1) is 17.3 Å². The summed E-state index contributed by atoms with van der Waals surface area (Å²) >= 11 is 0. The van der Waals surface area contributed by atoms with Crippen molar-refractivity contribution < 1.29 is 9.18 Å². The van der Waals surface area contributed by atoms with E-state index in [2.05, 4.69) is 22.9 Å². The van der Waals surface area contributed by atoms with Crippen LogP contribution in [0.2, 0.25) is 0 Å². The number of alkyl halides is 1. The quantitative estimate of drug-likeness (QED) is 0.256. The molecule has 1 aromatic carbocycles. The van der Waals surface area contributed by atoms with Crippen molar-refractivity contribution >= 4 is 22.9 Å². The van der Waals surface area contributed by atoms with Crippen LogP contribution < -0.4 is 11.1 Å². The van der Waals surface area contributed by atoms with E-state index in [4.69, 9.17) is 20.8 Å². The van der Waals surface area contributed by atoms with Crippen LogP contribution in [0.5, 0.6) is 0 Å². The van der Waals surface area contributed by atoms with Crippen LogP contribution in [-0.2, 0) is 11.2 Å². The van der Waals surface area contributed by atoms with Gasteiger partial charge in [0.15, 0.2) is 17.3 Å². The molecule has 5 aromatic rings. The zero-order chi connectivity index (χ0) is 30.7. The van der Waals surface area contributed by atoms with Crippen LogP contribution in [0.4, 0.5) is 10.2 Å². The number of hydrogen-bond acceptors (Lipinski definition) is 7. The molecule has 2 fully saturated rings. The number of nitrogens with two attached hydrogens (primary N) is 1. The molecule has 0 spiro atoms. The van der Waals surface area contributed by atoms with Gasteiger partial charge in [-0.3, -0.25) is 9.36 Å². The highest BCUT2D eigenvalue weighted by Gasteiger charge is 2.35. The molecule has 3 aliphatic rings. The minimum atomic E-state index is -1.05. The maximum absolute atomic E-state index is 15.6. The number of likely N-dealkylation sites (tertiary alicyclic amines) is 1. The van der Waals surface area contributed by atoms with E-state index in [-0.39, 0.29) is 11.9 Å². The smallest absolute Gasteiger partial charge is 0.245 e. The lowest BCUT2D eigenvalue weighted by Crippen LogP contribution is -2.46. The number of nitrogen functional groups attached to an aromatic ring is 1. The zero-order valence-corrected chi connectivity index (χ0v) is 24.8. The number of rotatable bonds is 7. The molecule has 2 atom stereocenters. The van der Waals surface area contributed by atoms with Gasteiger partial charge in [-0.25, -0.2) is 24.0 Å². The molecule has 5 heterocycles. The number of aromatic nitrogens is 6. The van der Waals surface area contributed by atoms with Crippen LogP contribution in [0.1, 0.15) is 54.5 Å². The number of halogens is 1. The predicted octanol–water partition coefficient (Wildman–Crippen LogP) is 4.83. The summed E-state index contributed by atoms with van der Waals surface area (Å²) in [6.07, 6.45) is 8.12. The molecule has 1 amide bonds. The maximum atomic E-state index is 15.6. The predicted molar refractivity (Wildman–Crippen MR) is 170 cm³/mol. The Balaban J connectivity index is 1.16. The average Bonchev–Trinajstić information content (AvgIpc) is 3.54. The Morgan fingerprint density at radius 1 is 1.07 bits per heavy atom. The van der Waals surface area contributed by atoms with Gasteiger partial charge in [0, 0.05) is 49.6 Å². The molecule has 228 valence electrons. The number of carbonyl (C=O) groups excluding carboxylic acids is 1. The van der Waals surface area contributed by atoms with E-state index in [9.17, 15) is 4.79 Å². The van der Waals surface area contributed by atoms with Crippen molar-refractivity contribution in [2.24, 2.45) is 0 Å². The largest absolute Gasteiger partial charge is 0.383 e. The van der Waals surface area contributed by atoms with Gasteiger partial charge in [-0.1, -0.05) is 12.6 Å². The number of pyridine rings is 2. The second-order valence-electron chi connectivity index (χ2n) is 12.2. The Labute approximate surface area is 259 Å². The van der Waals surface area contributed by atoms with Crippen LogP contribution in [-0.4, -0.2) is 65.4 Å². The summed E-state index contributed by atoms with van der Waals surface area (Å²) in [4.78, 5) is 28.1. The Kier molecular flexibility index (Phi) is 6.71. The van der Waals surface area contributed by atoms with E-state index in [1.54, 1.807) is 11.1 Å². The van der Waals surface area contributed by atoms with Gasteiger partial charge in [0.1, 0.15) is 17.5 Å². The molecular weight excluding hydrogens is 569 g/mol. The van der Waals surface area contributed by atoms with E-state index < -0.39 is 12.2 Å². The molecule has 2 aliphatic carbocycles. The van der Waals surface area contributed by atoms with E-state index in [0.717, 1.165) is 35.3 Å². The minimum absolute atomic E-state index is 0.0516. The minimum Gasteiger partial charge on any atom is -0.383 e. The topological polar surface area (TPSA) is 120 Å². The third-order valence-corrected chi connectivity index (χ3v) is 9.30. The molecule has 4 aromatic heterocycles. The Morgan fingerprint density at radius 3 is 2.69 bits per heavy atom. The summed E-state index contributed by atoms with van der Waals surface area (Å²) in [6.45, 7) is 4.87. The highest BCUT2D eigenvalue weighted by Crippen LogP contribution is 2.40. The fourth-order valence-corrected chi connectivity index (χ4v) is 6.75. The SMILES string of the molecule is C=CC(=O)N1CCC(N[C@@H]2c3ccc(-n4c(-c5cccnc5N)nc5ccc(-n6ccc(C7CC7)n6)nc54)cc3CC2F)CC1. The van der Waals surface area contributed by atoms with Gasteiger partial charge in [-0.05, 0) is 85.4 Å². The second kappa shape index (κ2) is 10.9. The van der Waals surface area contributed by atoms with Crippen LogP contribution >= 0.6 is 0 Å². The molecule has 0 radical (unpaired) electrons. The third kappa shape index (κ3) is 4.97. The van der Waals surface area contributed by atoms with Crippen molar-refractivity contribution in [3.8, 4) is 22.9 Å². The van der Waals surface area contributed by atoms with Gasteiger partial charge in [0.25, 0.3) is 0 Å². The number of piperidine rings is 1. The summed E-state index contributed by atoms with van der Waals surface area (Å²) in [7, 11) is 0. The van der Waals surface area contributed by atoms with Crippen molar-refractivity contribution in [2.45, 2.75) is 56.3 Å². The number of fused-ring (bicyclic) bond motifs is 2. The molecule has 10 nitrogen and oxygen atoms in total. The molecule has 1 saturated carbocycles. The van der Waals surface area contributed by atoms with Gasteiger partial charge in [0.2, 0.25) is 5.91 Å². The number of anilines is 1. The van der Waals surface area contributed by atoms with Crippen molar-refractivity contribution in [3.05, 3.63) is 90.4 Å².